The summed E-state index contributed by atoms with van der Waals surface area (Å²) >= 11 is 0. The Labute approximate surface area is 188 Å². The number of β-lactam (4-membered cyclic amide) rings is 1. The second-order valence-corrected chi connectivity index (χ2v) is 8.07. The molecule has 164 valence electrons. The number of amides is 1. The Morgan fingerprint density at radius 2 is 1.34 bits per heavy atom. The van der Waals surface area contributed by atoms with Gasteiger partial charge in [0.2, 0.25) is 5.91 Å². The smallest absolute Gasteiger partial charge is 0.302 e. The van der Waals surface area contributed by atoms with Gasteiger partial charge in [0.1, 0.15) is 6.04 Å². The summed E-state index contributed by atoms with van der Waals surface area (Å²) in [5.41, 5.74) is 2.50. The number of ether oxygens (including phenoxy) is 1. The highest BCUT2D eigenvalue weighted by molar-refractivity contribution is 5.89. The Balaban J connectivity index is 1.71. The molecule has 5 nitrogen and oxygen atoms in total. The minimum atomic E-state index is -0.694. The summed E-state index contributed by atoms with van der Waals surface area (Å²) in [6.07, 6.45) is 1.42. The Hall–Kier alpha value is -3.44. The second-order valence-electron chi connectivity index (χ2n) is 8.07. The van der Waals surface area contributed by atoms with Crippen molar-refractivity contribution in [2.45, 2.75) is 37.4 Å². The van der Waals surface area contributed by atoms with Gasteiger partial charge in [0, 0.05) is 6.92 Å². The summed E-state index contributed by atoms with van der Waals surface area (Å²) in [5.74, 6) is -0.303. The van der Waals surface area contributed by atoms with E-state index in [-0.39, 0.29) is 24.0 Å². The van der Waals surface area contributed by atoms with Gasteiger partial charge in [-0.15, -0.1) is 0 Å². The number of carbonyl (C=O) groups is 2. The highest BCUT2D eigenvalue weighted by Crippen LogP contribution is 2.38. The highest BCUT2D eigenvalue weighted by atomic mass is 16.5. The van der Waals surface area contributed by atoms with E-state index in [1.165, 1.54) is 6.92 Å². The lowest BCUT2D eigenvalue weighted by atomic mass is 9.75. The van der Waals surface area contributed by atoms with Crippen LogP contribution in [-0.2, 0) is 19.9 Å². The van der Waals surface area contributed by atoms with Crippen molar-refractivity contribution >= 4 is 11.9 Å². The first-order valence-corrected chi connectivity index (χ1v) is 11.0. The van der Waals surface area contributed by atoms with Crippen LogP contribution < -0.4 is 10.6 Å². The van der Waals surface area contributed by atoms with E-state index in [4.69, 9.17) is 4.74 Å². The van der Waals surface area contributed by atoms with E-state index >= 15 is 0 Å². The molecule has 2 N–H and O–H groups in total. The third-order valence-electron chi connectivity index (χ3n) is 5.97. The Bertz CT molecular complexity index is 942. The molecule has 2 atom stereocenters. The minimum absolute atomic E-state index is 0.0188. The normalized spacial score (nSPS) is 17.8. The fraction of sp³-hybridized carbons (Fsp3) is 0.259. The Morgan fingerprint density at radius 3 is 1.75 bits per heavy atom. The monoisotopic (exact) mass is 428 g/mol. The first-order chi connectivity index (χ1) is 15.6. The SMILES string of the molecule is CC(=O)OCCC[C@H]1NC(=O)[C@H]1NC(c1ccccc1)(c1ccccc1)c1ccccc1. The van der Waals surface area contributed by atoms with Crippen LogP contribution in [0.15, 0.2) is 91.0 Å². The lowest BCUT2D eigenvalue weighted by Gasteiger charge is -2.46. The van der Waals surface area contributed by atoms with Gasteiger partial charge in [-0.2, -0.15) is 0 Å². The number of benzene rings is 3. The molecule has 1 amide bonds. The van der Waals surface area contributed by atoms with Crippen LogP contribution in [0.2, 0.25) is 0 Å². The molecular weight excluding hydrogens is 400 g/mol. The van der Waals surface area contributed by atoms with E-state index in [9.17, 15) is 9.59 Å². The van der Waals surface area contributed by atoms with Crippen molar-refractivity contribution in [1.82, 2.24) is 10.6 Å². The van der Waals surface area contributed by atoms with Crippen LogP contribution in [0.4, 0.5) is 0 Å². The van der Waals surface area contributed by atoms with Crippen molar-refractivity contribution in [3.8, 4) is 0 Å². The van der Waals surface area contributed by atoms with Crippen molar-refractivity contribution < 1.29 is 14.3 Å². The van der Waals surface area contributed by atoms with E-state index < -0.39 is 5.54 Å². The third-order valence-corrected chi connectivity index (χ3v) is 5.97. The van der Waals surface area contributed by atoms with Gasteiger partial charge in [-0.1, -0.05) is 91.0 Å². The number of hydrogen-bond acceptors (Lipinski definition) is 4. The predicted octanol–water partition coefficient (Wildman–Crippen LogP) is 3.78. The summed E-state index contributed by atoms with van der Waals surface area (Å²) in [6.45, 7) is 1.76. The molecule has 0 saturated carbocycles. The van der Waals surface area contributed by atoms with Gasteiger partial charge in [0.05, 0.1) is 18.2 Å². The van der Waals surface area contributed by atoms with Crippen molar-refractivity contribution in [2.75, 3.05) is 6.61 Å². The van der Waals surface area contributed by atoms with Gasteiger partial charge in [0.25, 0.3) is 0 Å². The van der Waals surface area contributed by atoms with Crippen LogP contribution in [0.3, 0.4) is 0 Å². The van der Waals surface area contributed by atoms with Crippen LogP contribution in [-0.4, -0.2) is 30.6 Å². The summed E-state index contributed by atoms with van der Waals surface area (Å²) < 4.78 is 5.06. The average Bonchev–Trinajstić information content (AvgIpc) is 2.83. The fourth-order valence-electron chi connectivity index (χ4n) is 4.41. The summed E-state index contributed by atoms with van der Waals surface area (Å²) in [7, 11) is 0. The molecule has 3 aromatic carbocycles. The van der Waals surface area contributed by atoms with Gasteiger partial charge in [-0.05, 0) is 29.5 Å². The highest BCUT2D eigenvalue weighted by Gasteiger charge is 2.46. The van der Waals surface area contributed by atoms with Gasteiger partial charge < -0.3 is 10.1 Å². The molecule has 0 radical (unpaired) electrons. The first kappa shape index (κ1) is 21.8. The summed E-state index contributed by atoms with van der Waals surface area (Å²) in [6, 6.07) is 30.3. The molecule has 0 spiro atoms. The maximum Gasteiger partial charge on any atom is 0.302 e. The molecule has 3 aromatic rings. The zero-order valence-electron chi connectivity index (χ0n) is 18.2. The molecule has 0 unspecified atom stereocenters. The van der Waals surface area contributed by atoms with Crippen LogP contribution in [0.25, 0.3) is 0 Å². The molecule has 32 heavy (non-hydrogen) atoms. The lowest BCUT2D eigenvalue weighted by Crippen LogP contribution is -2.71. The Morgan fingerprint density at radius 1 is 0.875 bits per heavy atom. The van der Waals surface area contributed by atoms with Gasteiger partial charge in [-0.25, -0.2) is 0 Å². The largest absolute Gasteiger partial charge is 0.466 e. The average molecular weight is 429 g/mol. The molecule has 1 saturated heterocycles. The van der Waals surface area contributed by atoms with E-state index in [1.807, 2.05) is 54.6 Å². The van der Waals surface area contributed by atoms with Gasteiger partial charge in [-0.3, -0.25) is 14.9 Å². The van der Waals surface area contributed by atoms with Gasteiger partial charge >= 0.3 is 5.97 Å². The number of esters is 1. The fourth-order valence-corrected chi connectivity index (χ4v) is 4.41. The number of nitrogens with one attached hydrogen (secondary N) is 2. The molecule has 1 aliphatic rings. The topological polar surface area (TPSA) is 67.4 Å². The van der Waals surface area contributed by atoms with Crippen LogP contribution in [0, 0.1) is 0 Å². The Kier molecular flexibility index (Phi) is 6.66. The molecule has 1 heterocycles. The van der Waals surface area contributed by atoms with E-state index in [2.05, 4.69) is 47.0 Å². The second kappa shape index (κ2) is 9.79. The van der Waals surface area contributed by atoms with Gasteiger partial charge in [0.15, 0.2) is 0 Å². The zero-order chi connectivity index (χ0) is 22.4. The molecule has 1 aliphatic heterocycles. The maximum atomic E-state index is 12.7. The van der Waals surface area contributed by atoms with Crippen LogP contribution in [0.1, 0.15) is 36.5 Å². The zero-order valence-corrected chi connectivity index (χ0v) is 18.2. The lowest BCUT2D eigenvalue weighted by molar-refractivity contribution is -0.141. The molecule has 0 bridgehead atoms. The molecule has 4 rings (SSSR count). The van der Waals surface area contributed by atoms with E-state index in [1.54, 1.807) is 0 Å². The van der Waals surface area contributed by atoms with E-state index in [0.717, 1.165) is 23.1 Å². The van der Waals surface area contributed by atoms with Crippen molar-refractivity contribution in [3.63, 3.8) is 0 Å². The summed E-state index contributed by atoms with van der Waals surface area (Å²) in [5, 5.41) is 6.76. The van der Waals surface area contributed by atoms with Crippen LogP contribution in [0.5, 0.6) is 0 Å². The first-order valence-electron chi connectivity index (χ1n) is 11.0. The predicted molar refractivity (Wildman–Crippen MR) is 124 cm³/mol. The molecular formula is C27H28N2O3. The minimum Gasteiger partial charge on any atom is -0.466 e. The molecule has 0 aliphatic carbocycles. The van der Waals surface area contributed by atoms with Crippen LogP contribution >= 0.6 is 0 Å². The maximum absolute atomic E-state index is 12.7. The quantitative estimate of drug-likeness (QED) is 0.236. The van der Waals surface area contributed by atoms with E-state index in [0.29, 0.717) is 13.0 Å². The molecule has 5 heteroatoms. The third kappa shape index (κ3) is 4.43. The molecule has 0 aromatic heterocycles. The standard InChI is InChI=1S/C27H28N2O3/c1-20(30)32-19-11-18-24-25(26(31)28-24)29-27(21-12-5-2-6-13-21,22-14-7-3-8-15-22)23-16-9-4-10-17-23/h2-10,12-17,24-25,29H,11,18-19H2,1H3,(H,28,31)/t24-,25+/m1/s1. The van der Waals surface area contributed by atoms with Crippen molar-refractivity contribution in [2.24, 2.45) is 0 Å². The number of carbonyl (C=O) groups excluding carboxylic acids is 2. The van der Waals surface area contributed by atoms with Crippen molar-refractivity contribution in [1.29, 1.82) is 0 Å². The molecule has 1 fully saturated rings. The number of hydrogen-bond donors (Lipinski definition) is 2. The summed E-state index contributed by atoms with van der Waals surface area (Å²) in [4.78, 5) is 23.7. The number of rotatable bonds is 9. The van der Waals surface area contributed by atoms with Crippen molar-refractivity contribution in [3.05, 3.63) is 108 Å².